The van der Waals surface area contributed by atoms with Crippen molar-refractivity contribution in [3.8, 4) is 0 Å². The van der Waals surface area contributed by atoms with Gasteiger partial charge < -0.3 is 11.1 Å². The van der Waals surface area contributed by atoms with E-state index >= 15 is 0 Å². The summed E-state index contributed by atoms with van der Waals surface area (Å²) in [4.78, 5) is 12.8. The topological polar surface area (TPSA) is 55.1 Å². The molecule has 1 heterocycles. The molecule has 0 aliphatic rings. The van der Waals surface area contributed by atoms with Gasteiger partial charge in [0.1, 0.15) is 10.7 Å². The molecule has 5 heteroatoms. The molecule has 0 fully saturated rings. The van der Waals surface area contributed by atoms with E-state index in [-0.39, 0.29) is 17.8 Å². The Kier molecular flexibility index (Phi) is 4.28. The van der Waals surface area contributed by atoms with E-state index in [1.807, 2.05) is 6.92 Å². The monoisotopic (exact) mass is 294 g/mol. The molecule has 2 aromatic rings. The van der Waals surface area contributed by atoms with Crippen LogP contribution in [0.3, 0.4) is 0 Å². The van der Waals surface area contributed by atoms with E-state index in [0.717, 1.165) is 11.1 Å². The van der Waals surface area contributed by atoms with Gasteiger partial charge in [-0.3, -0.25) is 4.79 Å². The van der Waals surface area contributed by atoms with E-state index in [1.54, 1.807) is 6.07 Å². The number of hydrogen-bond acceptors (Lipinski definition) is 3. The number of carbonyl (C=O) groups excluding carboxylic acids is 1. The van der Waals surface area contributed by atoms with Gasteiger partial charge in [0, 0.05) is 16.1 Å². The summed E-state index contributed by atoms with van der Waals surface area (Å²) in [5.41, 5.74) is 6.35. The molecule has 0 spiro atoms. The zero-order valence-electron chi connectivity index (χ0n) is 11.9. The van der Waals surface area contributed by atoms with Gasteiger partial charge in [-0.1, -0.05) is 20.8 Å². The molecule has 1 atom stereocenters. The van der Waals surface area contributed by atoms with Gasteiger partial charge in [0.05, 0.1) is 5.69 Å². The summed E-state index contributed by atoms with van der Waals surface area (Å²) in [5.74, 6) is -0.163. The number of fused-ring (bicyclic) bond motifs is 1. The highest BCUT2D eigenvalue weighted by Gasteiger charge is 2.20. The van der Waals surface area contributed by atoms with Crippen LogP contribution in [0.1, 0.15) is 36.9 Å². The minimum Gasteiger partial charge on any atom is -0.397 e. The number of hydrogen-bond donors (Lipinski definition) is 2. The quantitative estimate of drug-likeness (QED) is 0.901. The second-order valence-electron chi connectivity index (χ2n) is 5.22. The highest BCUT2D eigenvalue weighted by Crippen LogP contribution is 2.34. The SMILES string of the molecule is CCC(NC(=O)c1sc2ccc(F)cc2c1N)C(C)C. The summed E-state index contributed by atoms with van der Waals surface area (Å²) in [6, 6.07) is 4.52. The summed E-state index contributed by atoms with van der Waals surface area (Å²) in [5, 5.41) is 3.61. The van der Waals surface area contributed by atoms with E-state index in [1.165, 1.54) is 23.5 Å². The number of rotatable bonds is 4. The van der Waals surface area contributed by atoms with Crippen molar-refractivity contribution in [3.63, 3.8) is 0 Å². The minimum absolute atomic E-state index is 0.115. The van der Waals surface area contributed by atoms with Crippen molar-refractivity contribution < 1.29 is 9.18 Å². The predicted molar refractivity (Wildman–Crippen MR) is 82.6 cm³/mol. The lowest BCUT2D eigenvalue weighted by molar-refractivity contribution is 0.0929. The molecule has 0 radical (unpaired) electrons. The molecule has 20 heavy (non-hydrogen) atoms. The van der Waals surface area contributed by atoms with Gasteiger partial charge in [0.25, 0.3) is 5.91 Å². The molecule has 1 aromatic carbocycles. The van der Waals surface area contributed by atoms with Gasteiger partial charge in [0.15, 0.2) is 0 Å². The van der Waals surface area contributed by atoms with Crippen LogP contribution in [-0.4, -0.2) is 11.9 Å². The van der Waals surface area contributed by atoms with Crippen LogP contribution in [0.4, 0.5) is 10.1 Å². The maximum absolute atomic E-state index is 13.2. The van der Waals surface area contributed by atoms with Gasteiger partial charge in [-0.2, -0.15) is 0 Å². The average molecular weight is 294 g/mol. The first-order valence-electron chi connectivity index (χ1n) is 6.72. The van der Waals surface area contributed by atoms with Gasteiger partial charge >= 0.3 is 0 Å². The number of amides is 1. The Morgan fingerprint density at radius 3 is 2.75 bits per heavy atom. The van der Waals surface area contributed by atoms with Gasteiger partial charge in [-0.15, -0.1) is 11.3 Å². The van der Waals surface area contributed by atoms with E-state index in [4.69, 9.17) is 5.73 Å². The summed E-state index contributed by atoms with van der Waals surface area (Å²) in [7, 11) is 0. The fraction of sp³-hybridized carbons (Fsp3) is 0.400. The van der Waals surface area contributed by atoms with Crippen molar-refractivity contribution in [3.05, 3.63) is 28.9 Å². The summed E-state index contributed by atoms with van der Waals surface area (Å²) in [6.45, 7) is 6.17. The Hall–Kier alpha value is -1.62. The average Bonchev–Trinajstić information content (AvgIpc) is 2.73. The molecule has 1 unspecified atom stereocenters. The number of benzene rings is 1. The zero-order valence-corrected chi connectivity index (χ0v) is 12.7. The van der Waals surface area contributed by atoms with Crippen molar-refractivity contribution >= 4 is 33.0 Å². The van der Waals surface area contributed by atoms with Crippen LogP contribution in [-0.2, 0) is 0 Å². The fourth-order valence-corrected chi connectivity index (χ4v) is 3.24. The van der Waals surface area contributed by atoms with Crippen LogP contribution in [0, 0.1) is 11.7 Å². The first-order valence-corrected chi connectivity index (χ1v) is 7.54. The van der Waals surface area contributed by atoms with Crippen molar-refractivity contribution in [1.29, 1.82) is 0 Å². The smallest absolute Gasteiger partial charge is 0.263 e. The number of anilines is 1. The van der Waals surface area contributed by atoms with Crippen molar-refractivity contribution in [2.24, 2.45) is 5.92 Å². The first-order chi connectivity index (χ1) is 9.43. The largest absolute Gasteiger partial charge is 0.397 e. The zero-order chi connectivity index (χ0) is 14.9. The van der Waals surface area contributed by atoms with Gasteiger partial charge in [-0.25, -0.2) is 4.39 Å². The molecule has 0 saturated carbocycles. The normalized spacial score (nSPS) is 12.8. The molecular formula is C15H19FN2OS. The highest BCUT2D eigenvalue weighted by molar-refractivity contribution is 7.21. The predicted octanol–water partition coefficient (Wildman–Crippen LogP) is 3.79. The molecular weight excluding hydrogens is 275 g/mol. The lowest BCUT2D eigenvalue weighted by atomic mass is 10.0. The van der Waals surface area contributed by atoms with Crippen LogP contribution < -0.4 is 11.1 Å². The summed E-state index contributed by atoms with van der Waals surface area (Å²) in [6.07, 6.45) is 0.864. The standard InChI is InChI=1S/C15H19FN2OS/c1-4-11(8(2)3)18-15(19)14-13(17)10-7-9(16)5-6-12(10)20-14/h5-8,11H,4,17H2,1-3H3,(H,18,19). The van der Waals surface area contributed by atoms with Crippen molar-refractivity contribution in [1.82, 2.24) is 5.32 Å². The molecule has 1 amide bonds. The summed E-state index contributed by atoms with van der Waals surface area (Å²) >= 11 is 1.30. The highest BCUT2D eigenvalue weighted by atomic mass is 32.1. The molecule has 0 bridgehead atoms. The Balaban J connectivity index is 2.33. The second-order valence-corrected chi connectivity index (χ2v) is 6.27. The van der Waals surface area contributed by atoms with E-state index in [0.29, 0.717) is 21.9 Å². The number of halogens is 1. The van der Waals surface area contributed by atoms with Crippen LogP contribution >= 0.6 is 11.3 Å². The lowest BCUT2D eigenvalue weighted by Crippen LogP contribution is -2.37. The van der Waals surface area contributed by atoms with Crippen molar-refractivity contribution in [2.75, 3.05) is 5.73 Å². The summed E-state index contributed by atoms with van der Waals surface area (Å²) < 4.78 is 14.1. The number of nitrogens with two attached hydrogens (primary N) is 1. The van der Waals surface area contributed by atoms with Crippen LogP contribution in [0.25, 0.3) is 10.1 Å². The third kappa shape index (κ3) is 2.77. The van der Waals surface area contributed by atoms with Gasteiger partial charge in [-0.05, 0) is 30.5 Å². The Morgan fingerprint density at radius 2 is 2.15 bits per heavy atom. The fourth-order valence-electron chi connectivity index (χ4n) is 2.23. The van der Waals surface area contributed by atoms with Gasteiger partial charge in [0.2, 0.25) is 0 Å². The second kappa shape index (κ2) is 5.79. The van der Waals surface area contributed by atoms with Crippen molar-refractivity contribution in [2.45, 2.75) is 33.2 Å². The van der Waals surface area contributed by atoms with Crippen LogP contribution in [0.15, 0.2) is 18.2 Å². The molecule has 108 valence electrons. The molecule has 0 aliphatic heterocycles. The number of thiophene rings is 1. The molecule has 0 aliphatic carbocycles. The van der Waals surface area contributed by atoms with E-state index in [2.05, 4.69) is 19.2 Å². The van der Waals surface area contributed by atoms with Crippen LogP contribution in [0.2, 0.25) is 0 Å². The lowest BCUT2D eigenvalue weighted by Gasteiger charge is -2.20. The van der Waals surface area contributed by atoms with E-state index < -0.39 is 0 Å². The molecule has 3 nitrogen and oxygen atoms in total. The first kappa shape index (κ1) is 14.8. The maximum atomic E-state index is 13.2. The van der Waals surface area contributed by atoms with Crippen LogP contribution in [0.5, 0.6) is 0 Å². The molecule has 2 rings (SSSR count). The third-order valence-electron chi connectivity index (χ3n) is 3.46. The van der Waals surface area contributed by atoms with E-state index in [9.17, 15) is 9.18 Å². The minimum atomic E-state index is -0.345. The number of carbonyl (C=O) groups is 1. The Labute approximate surface area is 122 Å². The number of nitrogens with one attached hydrogen (secondary N) is 1. The molecule has 0 saturated heterocycles. The maximum Gasteiger partial charge on any atom is 0.263 e. The Morgan fingerprint density at radius 1 is 1.45 bits per heavy atom. The molecule has 3 N–H and O–H groups in total. The Bertz CT molecular complexity index is 636. The molecule has 1 aromatic heterocycles. The number of nitrogen functional groups attached to an aromatic ring is 1. The third-order valence-corrected chi connectivity index (χ3v) is 4.64.